The second kappa shape index (κ2) is 9.46. The monoisotopic (exact) mass is 520 g/mol. The van der Waals surface area contributed by atoms with E-state index in [0.29, 0.717) is 18.6 Å². The standard InChI is InChI=1S/C29H32N10/c1-20(2)36-8-6-25(7-9-36)38-18-24(13-33-38)22-10-28-27(30-11-22)15-34-39(28)19-26-14-31-29-5-4-21(17-37(26)29)23-12-32-35(3)16-23/h4-5,10-18,20,25H,6-9,19H2,1-3H3. The fourth-order valence-corrected chi connectivity index (χ4v) is 5.64. The van der Waals surface area contributed by atoms with Gasteiger partial charge in [-0.15, -0.1) is 0 Å². The summed E-state index contributed by atoms with van der Waals surface area (Å²) in [7, 11) is 1.93. The number of likely N-dealkylation sites (tertiary alicyclic amines) is 1. The summed E-state index contributed by atoms with van der Waals surface area (Å²) in [5.41, 5.74) is 8.11. The van der Waals surface area contributed by atoms with Crippen molar-refractivity contribution in [1.29, 1.82) is 0 Å². The minimum atomic E-state index is 0.447. The Hall–Kier alpha value is -4.31. The maximum atomic E-state index is 4.74. The van der Waals surface area contributed by atoms with Crippen LogP contribution in [0.4, 0.5) is 0 Å². The number of aryl methyl sites for hydroxylation is 1. The molecule has 0 spiro atoms. The first-order valence-electron chi connectivity index (χ1n) is 13.6. The van der Waals surface area contributed by atoms with Crippen LogP contribution in [-0.2, 0) is 13.6 Å². The lowest BCUT2D eigenvalue weighted by Crippen LogP contribution is -2.39. The third-order valence-electron chi connectivity index (χ3n) is 7.97. The number of imidazole rings is 1. The van der Waals surface area contributed by atoms with Gasteiger partial charge in [0.25, 0.3) is 0 Å². The number of fused-ring (bicyclic) bond motifs is 2. The van der Waals surface area contributed by atoms with Crippen LogP contribution in [0.3, 0.4) is 0 Å². The first-order chi connectivity index (χ1) is 19.0. The summed E-state index contributed by atoms with van der Waals surface area (Å²) in [5, 5.41) is 13.7. The molecule has 10 heteroatoms. The van der Waals surface area contributed by atoms with Gasteiger partial charge >= 0.3 is 0 Å². The molecular formula is C29H32N10. The van der Waals surface area contributed by atoms with Gasteiger partial charge in [0.2, 0.25) is 0 Å². The molecule has 0 aliphatic carbocycles. The number of rotatable bonds is 6. The van der Waals surface area contributed by atoms with E-state index in [1.165, 1.54) is 0 Å². The van der Waals surface area contributed by atoms with Crippen LogP contribution in [0.15, 0.2) is 67.8 Å². The molecule has 0 aromatic carbocycles. The van der Waals surface area contributed by atoms with Crippen LogP contribution < -0.4 is 0 Å². The summed E-state index contributed by atoms with van der Waals surface area (Å²) in [4.78, 5) is 11.9. The Labute approximate surface area is 226 Å². The maximum Gasteiger partial charge on any atom is 0.136 e. The quantitative estimate of drug-likeness (QED) is 0.323. The van der Waals surface area contributed by atoms with Crippen LogP contribution >= 0.6 is 0 Å². The third-order valence-corrected chi connectivity index (χ3v) is 7.97. The molecule has 1 aliphatic heterocycles. The highest BCUT2D eigenvalue weighted by atomic mass is 15.3. The molecule has 1 aliphatic rings. The van der Waals surface area contributed by atoms with Gasteiger partial charge in [0.05, 0.1) is 48.6 Å². The van der Waals surface area contributed by atoms with Gasteiger partial charge in [-0.05, 0) is 44.9 Å². The molecule has 39 heavy (non-hydrogen) atoms. The molecule has 198 valence electrons. The van der Waals surface area contributed by atoms with Crippen LogP contribution in [0.1, 0.15) is 38.4 Å². The van der Waals surface area contributed by atoms with Crippen molar-refractivity contribution in [3.8, 4) is 22.3 Å². The molecule has 0 amide bonds. The van der Waals surface area contributed by atoms with Crippen LogP contribution in [0.25, 0.3) is 38.9 Å². The van der Waals surface area contributed by atoms with Gasteiger partial charge in [-0.3, -0.25) is 19.0 Å². The minimum Gasteiger partial charge on any atom is -0.302 e. The van der Waals surface area contributed by atoms with E-state index >= 15 is 0 Å². The maximum absolute atomic E-state index is 4.74. The molecule has 0 unspecified atom stereocenters. The van der Waals surface area contributed by atoms with E-state index in [1.54, 1.807) is 0 Å². The fourth-order valence-electron chi connectivity index (χ4n) is 5.64. The predicted octanol–water partition coefficient (Wildman–Crippen LogP) is 4.44. The molecule has 0 bridgehead atoms. The van der Waals surface area contributed by atoms with E-state index in [9.17, 15) is 0 Å². The van der Waals surface area contributed by atoms with E-state index in [-0.39, 0.29) is 0 Å². The average molecular weight is 521 g/mol. The molecule has 7 rings (SSSR count). The average Bonchev–Trinajstić information content (AvgIpc) is 3.76. The smallest absolute Gasteiger partial charge is 0.136 e. The Morgan fingerprint density at radius 3 is 2.44 bits per heavy atom. The lowest BCUT2D eigenvalue weighted by atomic mass is 10.0. The Bertz CT molecular complexity index is 1760. The molecule has 0 radical (unpaired) electrons. The molecule has 1 fully saturated rings. The SMILES string of the molecule is CC(C)N1CCC(n2cc(-c3cnc4cnn(Cc5cnc6ccc(-c7cnn(C)c7)cn56)c4c3)cn2)CC1. The summed E-state index contributed by atoms with van der Waals surface area (Å²) in [6, 6.07) is 7.34. The third kappa shape index (κ3) is 4.40. The zero-order valence-electron chi connectivity index (χ0n) is 22.5. The first kappa shape index (κ1) is 23.8. The van der Waals surface area contributed by atoms with Crippen LogP contribution in [0, 0.1) is 0 Å². The molecule has 0 atom stereocenters. The fraction of sp³-hybridized carbons (Fsp3) is 0.345. The highest BCUT2D eigenvalue weighted by Crippen LogP contribution is 2.28. The van der Waals surface area contributed by atoms with Crippen molar-refractivity contribution in [3.05, 3.63) is 73.5 Å². The van der Waals surface area contributed by atoms with Gasteiger partial charge in [-0.1, -0.05) is 0 Å². The number of nitrogens with zero attached hydrogens (tertiary/aromatic N) is 10. The molecule has 0 N–H and O–H groups in total. The predicted molar refractivity (Wildman–Crippen MR) is 150 cm³/mol. The number of aromatic nitrogens is 9. The van der Waals surface area contributed by atoms with Crippen LogP contribution in [0.5, 0.6) is 0 Å². The lowest BCUT2D eigenvalue weighted by Gasteiger charge is -2.34. The Morgan fingerprint density at radius 2 is 1.64 bits per heavy atom. The molecular weight excluding hydrogens is 488 g/mol. The largest absolute Gasteiger partial charge is 0.302 e. The normalized spacial score (nSPS) is 15.3. The summed E-state index contributed by atoms with van der Waals surface area (Å²) < 4.78 is 8.08. The topological polar surface area (TPSA) is 86.9 Å². The first-order valence-corrected chi connectivity index (χ1v) is 13.6. The zero-order chi connectivity index (χ0) is 26.5. The highest BCUT2D eigenvalue weighted by molar-refractivity contribution is 5.80. The van der Waals surface area contributed by atoms with Crippen LogP contribution in [-0.4, -0.2) is 67.7 Å². The van der Waals surface area contributed by atoms with E-state index in [4.69, 9.17) is 10.1 Å². The van der Waals surface area contributed by atoms with Gasteiger partial charge in [0, 0.05) is 73.2 Å². The van der Waals surface area contributed by atoms with Crippen LogP contribution in [0.2, 0.25) is 0 Å². The van der Waals surface area contributed by atoms with Crippen molar-refractivity contribution in [1.82, 2.24) is 48.6 Å². The number of piperidine rings is 1. The van der Waals surface area contributed by atoms with E-state index in [2.05, 4.69) is 67.5 Å². The Balaban J connectivity index is 1.16. The van der Waals surface area contributed by atoms with E-state index < -0.39 is 0 Å². The van der Waals surface area contributed by atoms with Crippen molar-refractivity contribution in [2.24, 2.45) is 7.05 Å². The zero-order valence-corrected chi connectivity index (χ0v) is 22.5. The summed E-state index contributed by atoms with van der Waals surface area (Å²) in [5.74, 6) is 0. The summed E-state index contributed by atoms with van der Waals surface area (Å²) in [6.07, 6.45) is 18.1. The Kier molecular flexibility index (Phi) is 5.77. The molecule has 7 heterocycles. The molecule has 10 nitrogen and oxygen atoms in total. The van der Waals surface area contributed by atoms with Gasteiger partial charge in [-0.25, -0.2) is 4.98 Å². The van der Waals surface area contributed by atoms with Crippen molar-refractivity contribution < 1.29 is 0 Å². The van der Waals surface area contributed by atoms with E-state index in [1.807, 2.05) is 59.7 Å². The molecule has 6 aromatic rings. The number of pyridine rings is 2. The van der Waals surface area contributed by atoms with Gasteiger partial charge in [0.1, 0.15) is 11.2 Å². The van der Waals surface area contributed by atoms with E-state index in [0.717, 1.165) is 70.6 Å². The molecule has 0 saturated carbocycles. The minimum absolute atomic E-state index is 0.447. The van der Waals surface area contributed by atoms with Crippen molar-refractivity contribution in [2.45, 2.75) is 45.3 Å². The number of hydrogen-bond acceptors (Lipinski definition) is 6. The molecule has 1 saturated heterocycles. The second-order valence-electron chi connectivity index (χ2n) is 10.8. The highest BCUT2D eigenvalue weighted by Gasteiger charge is 2.23. The summed E-state index contributed by atoms with van der Waals surface area (Å²) in [6.45, 7) is 7.37. The van der Waals surface area contributed by atoms with Crippen molar-refractivity contribution in [2.75, 3.05) is 13.1 Å². The number of hydrogen-bond donors (Lipinski definition) is 0. The Morgan fingerprint density at radius 1 is 0.821 bits per heavy atom. The summed E-state index contributed by atoms with van der Waals surface area (Å²) >= 11 is 0. The lowest BCUT2D eigenvalue weighted by molar-refractivity contribution is 0.147. The molecule has 6 aromatic heterocycles. The second-order valence-corrected chi connectivity index (χ2v) is 10.8. The van der Waals surface area contributed by atoms with Gasteiger partial charge in [0.15, 0.2) is 0 Å². The van der Waals surface area contributed by atoms with Gasteiger partial charge < -0.3 is 9.30 Å². The van der Waals surface area contributed by atoms with Crippen molar-refractivity contribution >= 4 is 16.7 Å². The van der Waals surface area contributed by atoms with Crippen molar-refractivity contribution in [3.63, 3.8) is 0 Å². The van der Waals surface area contributed by atoms with Gasteiger partial charge in [-0.2, -0.15) is 15.3 Å².